The van der Waals surface area contributed by atoms with Gasteiger partial charge in [0.05, 0.1) is 30.1 Å². The van der Waals surface area contributed by atoms with E-state index in [9.17, 15) is 0 Å². The molecule has 0 bridgehead atoms. The van der Waals surface area contributed by atoms with Crippen molar-refractivity contribution in [1.82, 2.24) is 24.7 Å². The van der Waals surface area contributed by atoms with Gasteiger partial charge in [0, 0.05) is 28.8 Å². The van der Waals surface area contributed by atoms with Crippen LogP contribution in [0.1, 0.15) is 93.2 Å². The van der Waals surface area contributed by atoms with Gasteiger partial charge in [0.1, 0.15) is 5.82 Å². The highest BCUT2D eigenvalue weighted by atomic mass is 16.5. The van der Waals surface area contributed by atoms with Crippen molar-refractivity contribution in [1.29, 1.82) is 0 Å². The minimum Gasteiger partial charge on any atom is -0.370 e. The second-order valence-corrected chi connectivity index (χ2v) is 9.03. The fraction of sp³-hybridized carbons (Fsp3) is 0.565. The fourth-order valence-corrected chi connectivity index (χ4v) is 4.40. The molecule has 4 heterocycles. The van der Waals surface area contributed by atoms with Crippen LogP contribution >= 0.6 is 0 Å². The molecule has 2 aliphatic rings. The molecule has 5 rings (SSSR count). The van der Waals surface area contributed by atoms with Crippen molar-refractivity contribution in [2.75, 3.05) is 0 Å². The zero-order valence-corrected chi connectivity index (χ0v) is 17.7. The SMILES string of the molecule is Cc1ccc2c(C(C)C)nc([C@H]3C[C@@H](c4cnn(C5CC5)c4)O[C@@H](C)C3)nc2n1. The molecular formula is C23H29N5O. The number of aryl methyl sites for hydroxylation is 1. The minimum atomic E-state index is 0.0449. The number of aromatic nitrogens is 5. The maximum atomic E-state index is 6.30. The highest BCUT2D eigenvalue weighted by molar-refractivity contribution is 5.78. The van der Waals surface area contributed by atoms with Crippen molar-refractivity contribution in [3.05, 3.63) is 47.3 Å². The molecule has 0 N–H and O–H groups in total. The number of rotatable bonds is 4. The summed E-state index contributed by atoms with van der Waals surface area (Å²) in [5.74, 6) is 1.50. The van der Waals surface area contributed by atoms with E-state index in [-0.39, 0.29) is 18.1 Å². The molecule has 6 heteroatoms. The van der Waals surface area contributed by atoms with Gasteiger partial charge in [-0.2, -0.15) is 5.10 Å². The predicted molar refractivity (Wildman–Crippen MR) is 112 cm³/mol. The second kappa shape index (κ2) is 7.17. The summed E-state index contributed by atoms with van der Waals surface area (Å²) in [6.07, 6.45) is 8.64. The first-order valence-corrected chi connectivity index (χ1v) is 10.8. The van der Waals surface area contributed by atoms with Crippen molar-refractivity contribution < 1.29 is 4.74 Å². The largest absolute Gasteiger partial charge is 0.370 e. The van der Waals surface area contributed by atoms with Crippen LogP contribution in [0.15, 0.2) is 24.5 Å². The predicted octanol–water partition coefficient (Wildman–Crippen LogP) is 5.01. The molecule has 6 nitrogen and oxygen atoms in total. The number of fused-ring (bicyclic) bond motifs is 1. The molecule has 1 aliphatic carbocycles. The van der Waals surface area contributed by atoms with Crippen LogP contribution in [0.2, 0.25) is 0 Å². The first kappa shape index (κ1) is 18.7. The Bertz CT molecular complexity index is 1040. The summed E-state index contributed by atoms with van der Waals surface area (Å²) in [6.45, 7) is 8.54. The van der Waals surface area contributed by atoms with E-state index in [0.717, 1.165) is 41.1 Å². The van der Waals surface area contributed by atoms with Gasteiger partial charge in [-0.05, 0) is 57.6 Å². The maximum Gasteiger partial charge on any atom is 0.163 e. The fourth-order valence-electron chi connectivity index (χ4n) is 4.40. The summed E-state index contributed by atoms with van der Waals surface area (Å²) < 4.78 is 8.40. The monoisotopic (exact) mass is 391 g/mol. The Morgan fingerprint density at radius 1 is 1.10 bits per heavy atom. The van der Waals surface area contributed by atoms with Crippen LogP contribution in [0.25, 0.3) is 11.0 Å². The minimum absolute atomic E-state index is 0.0449. The molecule has 3 aromatic rings. The van der Waals surface area contributed by atoms with E-state index in [2.05, 4.69) is 42.8 Å². The van der Waals surface area contributed by atoms with Gasteiger partial charge in [0.15, 0.2) is 5.65 Å². The van der Waals surface area contributed by atoms with E-state index in [0.29, 0.717) is 12.0 Å². The maximum absolute atomic E-state index is 6.30. The van der Waals surface area contributed by atoms with Gasteiger partial charge in [-0.1, -0.05) is 13.8 Å². The van der Waals surface area contributed by atoms with Gasteiger partial charge in [-0.25, -0.2) is 15.0 Å². The summed E-state index contributed by atoms with van der Waals surface area (Å²) in [5.41, 5.74) is 4.07. The van der Waals surface area contributed by atoms with Crippen LogP contribution in [0, 0.1) is 6.92 Å². The lowest BCUT2D eigenvalue weighted by Gasteiger charge is -2.33. The summed E-state index contributed by atoms with van der Waals surface area (Å²) >= 11 is 0. The molecule has 0 aromatic carbocycles. The lowest BCUT2D eigenvalue weighted by atomic mass is 9.89. The molecule has 1 aliphatic heterocycles. The van der Waals surface area contributed by atoms with Gasteiger partial charge in [-0.15, -0.1) is 0 Å². The molecule has 3 aromatic heterocycles. The molecule has 152 valence electrons. The zero-order chi connectivity index (χ0) is 20.1. The van der Waals surface area contributed by atoms with Gasteiger partial charge in [-0.3, -0.25) is 4.68 Å². The summed E-state index contributed by atoms with van der Waals surface area (Å²) in [5, 5.41) is 5.63. The Morgan fingerprint density at radius 3 is 2.69 bits per heavy atom. The molecule has 1 saturated heterocycles. The third-order valence-corrected chi connectivity index (χ3v) is 6.08. The number of hydrogen-bond donors (Lipinski definition) is 0. The number of hydrogen-bond acceptors (Lipinski definition) is 5. The smallest absolute Gasteiger partial charge is 0.163 e. The van der Waals surface area contributed by atoms with Crippen molar-refractivity contribution in [2.45, 2.75) is 83.5 Å². The molecule has 0 unspecified atom stereocenters. The lowest BCUT2D eigenvalue weighted by molar-refractivity contribution is -0.0511. The van der Waals surface area contributed by atoms with E-state index in [1.54, 1.807) is 0 Å². The highest BCUT2D eigenvalue weighted by Gasteiger charge is 2.33. The summed E-state index contributed by atoms with van der Waals surface area (Å²) in [6, 6.07) is 4.74. The number of ether oxygens (including phenoxy) is 1. The molecule has 0 radical (unpaired) electrons. The molecule has 2 fully saturated rings. The van der Waals surface area contributed by atoms with Crippen molar-refractivity contribution in [3.8, 4) is 0 Å². The van der Waals surface area contributed by atoms with E-state index >= 15 is 0 Å². The van der Waals surface area contributed by atoms with Gasteiger partial charge in [0.2, 0.25) is 0 Å². The van der Waals surface area contributed by atoms with E-state index in [4.69, 9.17) is 19.7 Å². The van der Waals surface area contributed by atoms with Crippen LogP contribution in [-0.4, -0.2) is 30.8 Å². The first-order chi connectivity index (χ1) is 14.0. The average molecular weight is 392 g/mol. The molecule has 1 saturated carbocycles. The number of pyridine rings is 1. The Kier molecular flexibility index (Phi) is 4.62. The molecule has 0 amide bonds. The molecule has 0 spiro atoms. The average Bonchev–Trinajstić information content (AvgIpc) is 3.42. The van der Waals surface area contributed by atoms with Crippen molar-refractivity contribution in [2.24, 2.45) is 0 Å². The topological polar surface area (TPSA) is 65.7 Å². The van der Waals surface area contributed by atoms with Gasteiger partial charge in [0.25, 0.3) is 0 Å². The first-order valence-electron chi connectivity index (χ1n) is 10.8. The van der Waals surface area contributed by atoms with Crippen LogP contribution in [0.4, 0.5) is 0 Å². The third kappa shape index (κ3) is 3.66. The normalized spacial score (nSPS) is 25.1. The van der Waals surface area contributed by atoms with Crippen molar-refractivity contribution in [3.63, 3.8) is 0 Å². The van der Waals surface area contributed by atoms with E-state index < -0.39 is 0 Å². The van der Waals surface area contributed by atoms with Crippen LogP contribution in [0.5, 0.6) is 0 Å². The lowest BCUT2D eigenvalue weighted by Crippen LogP contribution is -2.26. The zero-order valence-electron chi connectivity index (χ0n) is 17.7. The quantitative estimate of drug-likeness (QED) is 0.625. The van der Waals surface area contributed by atoms with Crippen LogP contribution in [0.3, 0.4) is 0 Å². The third-order valence-electron chi connectivity index (χ3n) is 6.08. The Balaban J connectivity index is 1.49. The molecule has 29 heavy (non-hydrogen) atoms. The van der Waals surface area contributed by atoms with Crippen molar-refractivity contribution >= 4 is 11.0 Å². The second-order valence-electron chi connectivity index (χ2n) is 9.03. The molecule has 3 atom stereocenters. The highest BCUT2D eigenvalue weighted by Crippen LogP contribution is 2.41. The number of nitrogens with zero attached hydrogens (tertiary/aromatic N) is 5. The Hall–Kier alpha value is -2.34. The van der Waals surface area contributed by atoms with Crippen LogP contribution < -0.4 is 0 Å². The summed E-state index contributed by atoms with van der Waals surface area (Å²) in [4.78, 5) is 14.6. The van der Waals surface area contributed by atoms with E-state index in [1.807, 2.05) is 19.2 Å². The van der Waals surface area contributed by atoms with Gasteiger partial charge < -0.3 is 4.74 Å². The van der Waals surface area contributed by atoms with Crippen LogP contribution in [-0.2, 0) is 4.74 Å². The summed E-state index contributed by atoms with van der Waals surface area (Å²) in [7, 11) is 0. The van der Waals surface area contributed by atoms with Gasteiger partial charge >= 0.3 is 0 Å². The standard InChI is InChI=1S/C23H29N5O/c1-13(2)21-19-8-5-14(3)25-23(19)27-22(26-21)16-9-15(4)29-20(10-16)17-11-24-28(12-17)18-6-7-18/h5,8,11-13,15-16,18,20H,6-7,9-10H2,1-4H3/t15-,16+,20-/m0/s1. The Morgan fingerprint density at radius 2 is 1.93 bits per heavy atom. The molecular weight excluding hydrogens is 362 g/mol. The Labute approximate surface area is 171 Å². The van der Waals surface area contributed by atoms with E-state index in [1.165, 1.54) is 18.4 Å².